The second kappa shape index (κ2) is 12.6. The maximum absolute atomic E-state index is 12.8. The highest BCUT2D eigenvalue weighted by atomic mass is 16.6. The first kappa shape index (κ1) is 27.4. The number of benzene rings is 1. The number of ether oxygens (including phenoxy) is 2. The zero-order valence-corrected chi connectivity index (χ0v) is 20.9. The molecule has 0 unspecified atom stereocenters. The average molecular weight is 478 g/mol. The van der Waals surface area contributed by atoms with Crippen LogP contribution in [0, 0.1) is 5.92 Å². The summed E-state index contributed by atoms with van der Waals surface area (Å²) < 4.78 is 10.6. The molecular weight excluding hydrogens is 438 g/mol. The molecule has 0 aliphatic heterocycles. The number of carbonyl (C=O) groups is 3. The predicted molar refractivity (Wildman–Crippen MR) is 128 cm³/mol. The first-order chi connectivity index (χ1) is 16.0. The van der Waals surface area contributed by atoms with E-state index in [1.54, 1.807) is 4.90 Å². The molecule has 3 amide bonds. The topological polar surface area (TPSA) is 117 Å². The second-order valence-corrected chi connectivity index (χ2v) is 9.97. The molecule has 3 atom stereocenters. The zero-order valence-electron chi connectivity index (χ0n) is 20.9. The number of nitrogens with zero attached hydrogens (tertiary/aromatic N) is 1. The van der Waals surface area contributed by atoms with Crippen molar-refractivity contribution in [3.63, 3.8) is 0 Å². The van der Waals surface area contributed by atoms with E-state index in [-0.39, 0.29) is 55.9 Å². The van der Waals surface area contributed by atoms with Crippen LogP contribution in [-0.4, -0.2) is 65.0 Å². The van der Waals surface area contributed by atoms with Gasteiger partial charge in [0.05, 0.1) is 6.10 Å². The van der Waals surface area contributed by atoms with E-state index in [2.05, 4.69) is 10.6 Å². The first-order valence-electron chi connectivity index (χ1n) is 11.9. The molecule has 0 spiro atoms. The van der Waals surface area contributed by atoms with Gasteiger partial charge in [-0.15, -0.1) is 0 Å². The molecule has 0 radical (unpaired) electrons. The summed E-state index contributed by atoms with van der Waals surface area (Å²) in [7, 11) is 0. The molecule has 1 aliphatic carbocycles. The smallest absolute Gasteiger partial charge is 0.410 e. The lowest BCUT2D eigenvalue weighted by atomic mass is 9.80. The largest absolute Gasteiger partial charge is 0.447 e. The minimum absolute atomic E-state index is 0.109. The van der Waals surface area contributed by atoms with Gasteiger partial charge >= 0.3 is 12.2 Å². The summed E-state index contributed by atoms with van der Waals surface area (Å²) in [4.78, 5) is 38.8. The lowest BCUT2D eigenvalue weighted by Gasteiger charge is -2.46. The molecule has 9 heteroatoms. The molecule has 1 aromatic carbocycles. The number of amides is 3. The van der Waals surface area contributed by atoms with Gasteiger partial charge in [-0.1, -0.05) is 30.3 Å². The third-order valence-electron chi connectivity index (χ3n) is 5.76. The number of alkyl carbamates (subject to hydrolysis) is 1. The Morgan fingerprint density at radius 2 is 1.82 bits per heavy atom. The van der Waals surface area contributed by atoms with Crippen molar-refractivity contribution in [3.8, 4) is 0 Å². The van der Waals surface area contributed by atoms with Gasteiger partial charge in [0.1, 0.15) is 13.2 Å². The fourth-order valence-corrected chi connectivity index (χ4v) is 4.28. The third kappa shape index (κ3) is 8.52. The molecule has 34 heavy (non-hydrogen) atoms. The van der Waals surface area contributed by atoms with Crippen LogP contribution in [0.4, 0.5) is 9.59 Å². The Balaban J connectivity index is 1.86. The first-order valence-corrected chi connectivity index (χ1v) is 11.9. The van der Waals surface area contributed by atoms with Crippen LogP contribution in [-0.2, 0) is 20.9 Å². The second-order valence-electron chi connectivity index (χ2n) is 9.97. The van der Waals surface area contributed by atoms with Gasteiger partial charge < -0.3 is 30.1 Å². The highest BCUT2D eigenvalue weighted by molar-refractivity contribution is 5.82. The number of nitrogens with one attached hydrogen (secondary N) is 2. The molecule has 9 nitrogen and oxygen atoms in total. The van der Waals surface area contributed by atoms with Gasteiger partial charge in [0.25, 0.3) is 0 Å². The third-order valence-corrected chi connectivity index (χ3v) is 5.76. The van der Waals surface area contributed by atoms with Crippen molar-refractivity contribution >= 4 is 18.1 Å². The number of aliphatic hydroxyl groups is 1. The van der Waals surface area contributed by atoms with E-state index in [0.29, 0.717) is 19.3 Å². The van der Waals surface area contributed by atoms with Crippen LogP contribution in [0.5, 0.6) is 0 Å². The summed E-state index contributed by atoms with van der Waals surface area (Å²) in [6.45, 7) is 9.28. The minimum Gasteiger partial charge on any atom is -0.447 e. The summed E-state index contributed by atoms with van der Waals surface area (Å²) >= 11 is 0. The Bertz CT molecular complexity index is 809. The molecule has 1 saturated carbocycles. The molecule has 0 saturated heterocycles. The molecule has 2 rings (SSSR count). The molecule has 3 N–H and O–H groups in total. The van der Waals surface area contributed by atoms with Crippen LogP contribution in [0.15, 0.2) is 30.3 Å². The standard InChI is InChI=1S/C25H39N3O6/c1-17(2)34-24(32)28(25(3,4)5)20-11-12-21(19(13-20)15-29)27-22(30)14-26-23(31)33-16-18-9-7-6-8-10-18/h6-10,17,19-21,29H,11-16H2,1-5H3,(H,26,31)(H,27,30)/t19-,20+,21-/m0/s1. The minimum atomic E-state index is -0.675. The Morgan fingerprint density at radius 1 is 1.15 bits per heavy atom. The Morgan fingerprint density at radius 3 is 2.41 bits per heavy atom. The summed E-state index contributed by atoms with van der Waals surface area (Å²) in [6.07, 6.45) is 0.530. The molecule has 0 bridgehead atoms. The van der Waals surface area contributed by atoms with E-state index in [9.17, 15) is 19.5 Å². The summed E-state index contributed by atoms with van der Waals surface area (Å²) in [5.74, 6) is -0.574. The van der Waals surface area contributed by atoms with Gasteiger partial charge in [-0.05, 0) is 59.4 Å². The fraction of sp³-hybridized carbons (Fsp3) is 0.640. The van der Waals surface area contributed by atoms with Gasteiger partial charge in [-0.3, -0.25) is 4.79 Å². The number of hydrogen-bond acceptors (Lipinski definition) is 6. The van der Waals surface area contributed by atoms with E-state index in [0.717, 1.165) is 5.56 Å². The van der Waals surface area contributed by atoms with Gasteiger partial charge in [-0.25, -0.2) is 9.59 Å². The number of rotatable bonds is 8. The fourth-order valence-electron chi connectivity index (χ4n) is 4.28. The lowest BCUT2D eigenvalue weighted by molar-refractivity contribution is -0.122. The van der Waals surface area contributed by atoms with E-state index in [1.807, 2.05) is 65.0 Å². The van der Waals surface area contributed by atoms with Crippen molar-refractivity contribution in [1.82, 2.24) is 15.5 Å². The van der Waals surface area contributed by atoms with E-state index >= 15 is 0 Å². The zero-order chi connectivity index (χ0) is 25.3. The molecule has 1 fully saturated rings. The van der Waals surface area contributed by atoms with Crippen LogP contribution >= 0.6 is 0 Å². The highest BCUT2D eigenvalue weighted by Crippen LogP contribution is 2.32. The SMILES string of the molecule is CC(C)OC(=O)N([C@@H]1CC[C@H](NC(=O)CNC(=O)OCc2ccccc2)[C@H](CO)C1)C(C)(C)C. The number of hydrogen-bond donors (Lipinski definition) is 3. The van der Waals surface area contributed by atoms with Gasteiger partial charge in [0, 0.05) is 30.1 Å². The maximum Gasteiger partial charge on any atom is 0.410 e. The Hall–Kier alpha value is -2.81. The van der Waals surface area contributed by atoms with Crippen LogP contribution < -0.4 is 10.6 Å². The summed E-state index contributed by atoms with van der Waals surface area (Å²) in [5.41, 5.74) is 0.405. The quantitative estimate of drug-likeness (QED) is 0.529. The van der Waals surface area contributed by atoms with Crippen molar-refractivity contribution in [2.75, 3.05) is 13.2 Å². The van der Waals surface area contributed by atoms with Gasteiger partial charge in [0.2, 0.25) is 5.91 Å². The normalized spacial score (nSPS) is 20.4. The summed E-state index contributed by atoms with van der Waals surface area (Å²) in [5, 5.41) is 15.3. The van der Waals surface area contributed by atoms with Crippen LogP contribution in [0.1, 0.15) is 59.4 Å². The Kier molecular flexibility index (Phi) is 10.2. The summed E-state index contributed by atoms with van der Waals surface area (Å²) in [6, 6.07) is 8.90. The van der Waals surface area contributed by atoms with Crippen molar-refractivity contribution in [2.45, 2.75) is 84.2 Å². The molecule has 190 valence electrons. The van der Waals surface area contributed by atoms with E-state index in [1.165, 1.54) is 0 Å². The van der Waals surface area contributed by atoms with E-state index < -0.39 is 11.6 Å². The maximum atomic E-state index is 12.8. The van der Waals surface area contributed by atoms with Gasteiger partial charge in [-0.2, -0.15) is 0 Å². The molecular formula is C25H39N3O6. The monoisotopic (exact) mass is 477 g/mol. The lowest BCUT2D eigenvalue weighted by Crippen LogP contribution is -2.57. The average Bonchev–Trinajstić information content (AvgIpc) is 2.76. The molecule has 0 heterocycles. The molecule has 1 aliphatic rings. The van der Waals surface area contributed by atoms with Crippen molar-refractivity contribution in [2.24, 2.45) is 5.92 Å². The molecule has 0 aromatic heterocycles. The van der Waals surface area contributed by atoms with Crippen LogP contribution in [0.25, 0.3) is 0 Å². The Labute approximate surface area is 202 Å². The van der Waals surface area contributed by atoms with Crippen molar-refractivity contribution in [1.29, 1.82) is 0 Å². The molecule has 1 aromatic rings. The van der Waals surface area contributed by atoms with Gasteiger partial charge in [0.15, 0.2) is 0 Å². The number of carbonyl (C=O) groups excluding carboxylic acids is 3. The van der Waals surface area contributed by atoms with Crippen LogP contribution in [0.3, 0.4) is 0 Å². The van der Waals surface area contributed by atoms with Crippen LogP contribution in [0.2, 0.25) is 0 Å². The van der Waals surface area contributed by atoms with E-state index in [4.69, 9.17) is 9.47 Å². The van der Waals surface area contributed by atoms with Crippen molar-refractivity contribution < 1.29 is 29.0 Å². The van der Waals surface area contributed by atoms with Crippen molar-refractivity contribution in [3.05, 3.63) is 35.9 Å². The predicted octanol–water partition coefficient (Wildman–Crippen LogP) is 3.20. The number of aliphatic hydroxyl groups excluding tert-OH is 1. The highest BCUT2D eigenvalue weighted by Gasteiger charge is 2.40.